The van der Waals surface area contributed by atoms with Crippen LogP contribution in [0.1, 0.15) is 6.92 Å². The van der Waals surface area contributed by atoms with E-state index in [0.717, 1.165) is 0 Å². The van der Waals surface area contributed by atoms with Crippen LogP contribution in [0.25, 0.3) is 0 Å². The van der Waals surface area contributed by atoms with Gasteiger partial charge in [0.25, 0.3) is 0 Å². The summed E-state index contributed by atoms with van der Waals surface area (Å²) in [5.74, 6) is -0.523. The second-order valence-corrected chi connectivity index (χ2v) is 2.92. The Labute approximate surface area is 75.0 Å². The number of halogens is 1. The second-order valence-electron chi connectivity index (χ2n) is 2.52. The molecule has 3 nitrogen and oxygen atoms in total. The van der Waals surface area contributed by atoms with Gasteiger partial charge in [-0.05, 0) is 13.0 Å². The molecule has 0 heterocycles. The molecule has 1 aliphatic carbocycles. The average molecular weight is 189 g/mol. The van der Waals surface area contributed by atoms with Crippen molar-refractivity contribution in [2.75, 3.05) is 0 Å². The molecular formula is C8H9ClO3. The van der Waals surface area contributed by atoms with Gasteiger partial charge in [0.1, 0.15) is 12.2 Å². The molecule has 0 saturated heterocycles. The fourth-order valence-electron chi connectivity index (χ4n) is 1.01. The van der Waals surface area contributed by atoms with Crippen LogP contribution >= 0.6 is 11.6 Å². The van der Waals surface area contributed by atoms with E-state index in [1.54, 1.807) is 6.92 Å². The summed E-state index contributed by atoms with van der Waals surface area (Å²) in [6.07, 6.45) is 0.320. The topological polar surface area (TPSA) is 57.5 Å². The number of allylic oxidation sites excluding steroid dienone is 2. The van der Waals surface area contributed by atoms with Gasteiger partial charge in [0.15, 0.2) is 5.78 Å². The molecular weight excluding hydrogens is 180 g/mol. The molecule has 66 valence electrons. The molecule has 12 heavy (non-hydrogen) atoms. The molecule has 0 aromatic carbocycles. The van der Waals surface area contributed by atoms with Crippen LogP contribution < -0.4 is 0 Å². The molecule has 0 aromatic rings. The number of carbonyl (C=O) groups excluding carboxylic acids is 1. The first-order chi connectivity index (χ1) is 5.57. The summed E-state index contributed by atoms with van der Waals surface area (Å²) in [4.78, 5) is 11.1. The minimum atomic E-state index is -1.35. The standard InChI is InChI=1S/C8H9ClO3/c1-2-5(9)4-3-6(10)8(12)7(4)11/h2-3,6,8,10,12H,1H3/b5-2+/t6-,8+/m0/s1. The van der Waals surface area contributed by atoms with E-state index in [1.165, 1.54) is 12.2 Å². The molecule has 0 aliphatic heterocycles. The van der Waals surface area contributed by atoms with Gasteiger partial charge < -0.3 is 10.2 Å². The monoisotopic (exact) mass is 188 g/mol. The van der Waals surface area contributed by atoms with Gasteiger partial charge in [-0.25, -0.2) is 0 Å². The predicted octanol–water partition coefficient (Wildman–Crippen LogP) is 0.360. The lowest BCUT2D eigenvalue weighted by atomic mass is 10.2. The quantitative estimate of drug-likeness (QED) is 0.625. The van der Waals surface area contributed by atoms with Crippen molar-refractivity contribution in [3.8, 4) is 0 Å². The highest BCUT2D eigenvalue weighted by atomic mass is 35.5. The highest BCUT2D eigenvalue weighted by molar-refractivity contribution is 6.36. The second kappa shape index (κ2) is 3.39. The van der Waals surface area contributed by atoms with Crippen molar-refractivity contribution >= 4 is 17.4 Å². The SMILES string of the molecule is C/C=C(/Cl)C1=C[C@H](O)[C@@H](O)C1=O. The fourth-order valence-corrected chi connectivity index (χ4v) is 1.17. The zero-order valence-electron chi connectivity index (χ0n) is 6.49. The maximum Gasteiger partial charge on any atom is 0.195 e. The van der Waals surface area contributed by atoms with Crippen molar-refractivity contribution in [2.45, 2.75) is 19.1 Å². The zero-order valence-corrected chi connectivity index (χ0v) is 7.25. The normalized spacial score (nSPS) is 30.8. The van der Waals surface area contributed by atoms with E-state index in [4.69, 9.17) is 21.8 Å². The van der Waals surface area contributed by atoms with E-state index >= 15 is 0 Å². The van der Waals surface area contributed by atoms with Crippen molar-refractivity contribution < 1.29 is 15.0 Å². The third-order valence-electron chi connectivity index (χ3n) is 1.71. The molecule has 1 aliphatic rings. The Hall–Kier alpha value is -0.640. The molecule has 0 unspecified atom stereocenters. The summed E-state index contributed by atoms with van der Waals surface area (Å²) >= 11 is 5.65. The Bertz CT molecular complexity index is 267. The first-order valence-corrected chi connectivity index (χ1v) is 3.90. The molecule has 0 saturated carbocycles. The molecule has 1 rings (SSSR count). The van der Waals surface area contributed by atoms with E-state index in [9.17, 15) is 4.79 Å². The highest BCUT2D eigenvalue weighted by Gasteiger charge is 2.33. The van der Waals surface area contributed by atoms with Crippen molar-refractivity contribution in [3.63, 3.8) is 0 Å². The first-order valence-electron chi connectivity index (χ1n) is 3.52. The molecule has 0 radical (unpaired) electrons. The van der Waals surface area contributed by atoms with Crippen molar-refractivity contribution in [1.82, 2.24) is 0 Å². The Balaban J connectivity index is 2.95. The summed E-state index contributed by atoms with van der Waals surface area (Å²) in [6, 6.07) is 0. The van der Waals surface area contributed by atoms with Gasteiger partial charge in [0, 0.05) is 10.6 Å². The number of carbonyl (C=O) groups is 1. The Morgan fingerprint density at radius 2 is 2.25 bits per heavy atom. The van der Waals surface area contributed by atoms with Crippen LogP contribution in [0.2, 0.25) is 0 Å². The minimum absolute atomic E-state index is 0.194. The molecule has 0 bridgehead atoms. The van der Waals surface area contributed by atoms with Crippen molar-refractivity contribution in [1.29, 1.82) is 0 Å². The lowest BCUT2D eigenvalue weighted by molar-refractivity contribution is -0.125. The smallest absolute Gasteiger partial charge is 0.195 e. The van der Waals surface area contributed by atoms with Crippen molar-refractivity contribution in [2.24, 2.45) is 0 Å². The third-order valence-corrected chi connectivity index (χ3v) is 2.13. The lowest BCUT2D eigenvalue weighted by Gasteiger charge is -2.03. The van der Waals surface area contributed by atoms with Gasteiger partial charge in [0.05, 0.1) is 0 Å². The Morgan fingerprint density at radius 1 is 1.67 bits per heavy atom. The summed E-state index contributed by atoms with van der Waals surface area (Å²) in [7, 11) is 0. The summed E-state index contributed by atoms with van der Waals surface area (Å²) in [5, 5.41) is 18.4. The van der Waals surface area contributed by atoms with E-state index in [0.29, 0.717) is 0 Å². The predicted molar refractivity (Wildman–Crippen MR) is 44.7 cm³/mol. The number of Topliss-reactive ketones (excluding diaryl/α,β-unsaturated/α-hetero) is 1. The number of hydrogen-bond donors (Lipinski definition) is 2. The zero-order chi connectivity index (χ0) is 9.30. The van der Waals surface area contributed by atoms with E-state index < -0.39 is 18.0 Å². The summed E-state index contributed by atoms with van der Waals surface area (Å²) in [5.41, 5.74) is 0.194. The maximum atomic E-state index is 11.1. The average Bonchev–Trinajstić information content (AvgIpc) is 2.32. The van der Waals surface area contributed by atoms with Crippen LogP contribution in [0.4, 0.5) is 0 Å². The maximum absolute atomic E-state index is 11.1. The number of rotatable bonds is 1. The van der Waals surface area contributed by atoms with Gasteiger partial charge in [0.2, 0.25) is 0 Å². The van der Waals surface area contributed by atoms with Gasteiger partial charge >= 0.3 is 0 Å². The number of ketones is 1. The molecule has 2 N–H and O–H groups in total. The van der Waals surface area contributed by atoms with Gasteiger partial charge in [-0.2, -0.15) is 0 Å². The van der Waals surface area contributed by atoms with E-state index in [-0.39, 0.29) is 10.6 Å². The third kappa shape index (κ3) is 1.43. The van der Waals surface area contributed by atoms with Crippen LogP contribution in [0.3, 0.4) is 0 Å². The van der Waals surface area contributed by atoms with Crippen LogP contribution in [0.15, 0.2) is 22.8 Å². The van der Waals surface area contributed by atoms with Crippen molar-refractivity contribution in [3.05, 3.63) is 22.8 Å². The lowest BCUT2D eigenvalue weighted by Crippen LogP contribution is -2.26. The van der Waals surface area contributed by atoms with Gasteiger partial charge in [-0.3, -0.25) is 4.79 Å². The molecule has 2 atom stereocenters. The highest BCUT2D eigenvalue weighted by Crippen LogP contribution is 2.24. The largest absolute Gasteiger partial charge is 0.386 e. The number of aliphatic hydroxyl groups excluding tert-OH is 2. The summed E-state index contributed by atoms with van der Waals surface area (Å²) in [6.45, 7) is 1.67. The van der Waals surface area contributed by atoms with Gasteiger partial charge in [-0.1, -0.05) is 17.7 Å². The van der Waals surface area contributed by atoms with Crippen LogP contribution in [0, 0.1) is 0 Å². The molecule has 0 aromatic heterocycles. The fraction of sp³-hybridized carbons (Fsp3) is 0.375. The Kier molecular flexibility index (Phi) is 2.67. The first kappa shape index (κ1) is 9.45. The Morgan fingerprint density at radius 3 is 2.58 bits per heavy atom. The molecule has 0 amide bonds. The molecule has 0 spiro atoms. The molecule has 0 fully saturated rings. The number of hydrogen-bond acceptors (Lipinski definition) is 3. The van der Waals surface area contributed by atoms with Crippen LogP contribution in [-0.4, -0.2) is 28.2 Å². The number of aliphatic hydroxyl groups is 2. The van der Waals surface area contributed by atoms with Crippen LogP contribution in [-0.2, 0) is 4.79 Å². The van der Waals surface area contributed by atoms with Crippen LogP contribution in [0.5, 0.6) is 0 Å². The van der Waals surface area contributed by atoms with Gasteiger partial charge in [-0.15, -0.1) is 0 Å². The minimum Gasteiger partial charge on any atom is -0.386 e. The molecule has 4 heteroatoms. The van der Waals surface area contributed by atoms with E-state index in [2.05, 4.69) is 0 Å². The van der Waals surface area contributed by atoms with E-state index in [1.807, 2.05) is 0 Å². The summed E-state index contributed by atoms with van der Waals surface area (Å²) < 4.78 is 0.